The zero-order valence-electron chi connectivity index (χ0n) is 9.34. The molecule has 1 aliphatic heterocycles. The summed E-state index contributed by atoms with van der Waals surface area (Å²) in [6.07, 6.45) is 4.52. The van der Waals surface area contributed by atoms with Crippen molar-refractivity contribution in [2.75, 3.05) is 25.5 Å². The molecule has 0 aromatic carbocycles. The average Bonchev–Trinajstić information content (AvgIpc) is 2.52. The lowest BCUT2D eigenvalue weighted by atomic mass is 10.2. The Kier molecular flexibility index (Phi) is 5.83. The van der Waals surface area contributed by atoms with Gasteiger partial charge in [0.05, 0.1) is 12.2 Å². The molecule has 0 spiro atoms. The van der Waals surface area contributed by atoms with Crippen LogP contribution in [0.4, 0.5) is 0 Å². The van der Waals surface area contributed by atoms with E-state index in [1.54, 1.807) is 0 Å². The van der Waals surface area contributed by atoms with E-state index in [4.69, 9.17) is 16.3 Å². The normalized spacial score (nSPS) is 27.4. The SMILES string of the molecule is CCCN(CCCl)CC1CCC(C)O1. The summed E-state index contributed by atoms with van der Waals surface area (Å²) < 4.78 is 5.80. The Labute approximate surface area is 92.6 Å². The fourth-order valence-corrected chi connectivity index (χ4v) is 2.28. The van der Waals surface area contributed by atoms with Gasteiger partial charge in [-0.25, -0.2) is 0 Å². The minimum absolute atomic E-state index is 0.444. The van der Waals surface area contributed by atoms with Gasteiger partial charge in [-0.15, -0.1) is 11.6 Å². The van der Waals surface area contributed by atoms with Gasteiger partial charge in [0.1, 0.15) is 0 Å². The smallest absolute Gasteiger partial charge is 0.0706 e. The minimum Gasteiger partial charge on any atom is -0.374 e. The van der Waals surface area contributed by atoms with E-state index in [9.17, 15) is 0 Å². The summed E-state index contributed by atoms with van der Waals surface area (Å²) in [5, 5.41) is 0. The van der Waals surface area contributed by atoms with Gasteiger partial charge >= 0.3 is 0 Å². The van der Waals surface area contributed by atoms with Gasteiger partial charge in [-0.3, -0.25) is 4.90 Å². The Morgan fingerprint density at radius 2 is 2.14 bits per heavy atom. The van der Waals surface area contributed by atoms with Crippen molar-refractivity contribution in [3.63, 3.8) is 0 Å². The van der Waals surface area contributed by atoms with Crippen molar-refractivity contribution in [2.45, 2.75) is 45.3 Å². The largest absolute Gasteiger partial charge is 0.374 e. The molecule has 2 unspecified atom stereocenters. The van der Waals surface area contributed by atoms with Crippen molar-refractivity contribution >= 4 is 11.6 Å². The molecule has 3 heteroatoms. The third-order valence-corrected chi connectivity index (χ3v) is 2.89. The highest BCUT2D eigenvalue weighted by molar-refractivity contribution is 6.18. The van der Waals surface area contributed by atoms with Gasteiger partial charge < -0.3 is 4.74 Å². The van der Waals surface area contributed by atoms with Crippen LogP contribution in [0.5, 0.6) is 0 Å². The first-order valence-electron chi connectivity index (χ1n) is 5.70. The number of alkyl halides is 1. The molecule has 2 atom stereocenters. The Hall–Kier alpha value is 0.210. The number of hydrogen-bond acceptors (Lipinski definition) is 2. The second-order valence-corrected chi connectivity index (χ2v) is 4.51. The molecule has 1 aliphatic rings. The lowest BCUT2D eigenvalue weighted by Gasteiger charge is -2.24. The summed E-state index contributed by atoms with van der Waals surface area (Å²) in [4.78, 5) is 2.41. The van der Waals surface area contributed by atoms with Crippen LogP contribution < -0.4 is 0 Å². The molecular weight excluding hydrogens is 198 g/mol. The summed E-state index contributed by atoms with van der Waals surface area (Å²) >= 11 is 5.76. The van der Waals surface area contributed by atoms with Gasteiger partial charge in [-0.1, -0.05) is 6.92 Å². The summed E-state index contributed by atoms with van der Waals surface area (Å²) in [6.45, 7) is 7.56. The molecule has 1 fully saturated rings. The summed E-state index contributed by atoms with van der Waals surface area (Å²) in [7, 11) is 0. The van der Waals surface area contributed by atoms with Gasteiger partial charge in [0, 0.05) is 19.0 Å². The summed E-state index contributed by atoms with van der Waals surface area (Å²) in [5.74, 6) is 0.724. The quantitative estimate of drug-likeness (QED) is 0.637. The van der Waals surface area contributed by atoms with Crippen LogP contribution in [0.15, 0.2) is 0 Å². The van der Waals surface area contributed by atoms with Crippen LogP contribution in [0.25, 0.3) is 0 Å². The molecule has 0 aliphatic carbocycles. The number of nitrogens with zero attached hydrogens (tertiary/aromatic N) is 1. The Morgan fingerprint density at radius 1 is 1.36 bits per heavy atom. The molecular formula is C11H22ClNO. The number of halogens is 1. The van der Waals surface area contributed by atoms with E-state index >= 15 is 0 Å². The molecule has 0 amide bonds. The minimum atomic E-state index is 0.444. The molecule has 0 radical (unpaired) electrons. The maximum atomic E-state index is 5.80. The van der Waals surface area contributed by atoms with Crippen molar-refractivity contribution in [1.29, 1.82) is 0 Å². The van der Waals surface area contributed by atoms with E-state index in [0.29, 0.717) is 12.2 Å². The molecule has 0 aromatic heterocycles. The molecule has 1 rings (SSSR count). The Bertz CT molecular complexity index is 148. The van der Waals surface area contributed by atoms with E-state index in [1.807, 2.05) is 0 Å². The van der Waals surface area contributed by atoms with Crippen LogP contribution >= 0.6 is 11.6 Å². The first kappa shape index (κ1) is 12.3. The van der Waals surface area contributed by atoms with Gasteiger partial charge in [0.25, 0.3) is 0 Å². The van der Waals surface area contributed by atoms with Gasteiger partial charge in [-0.05, 0) is 32.7 Å². The molecule has 0 bridgehead atoms. The zero-order valence-corrected chi connectivity index (χ0v) is 10.1. The molecule has 84 valence electrons. The highest BCUT2D eigenvalue weighted by Gasteiger charge is 2.23. The van der Waals surface area contributed by atoms with Crippen molar-refractivity contribution in [1.82, 2.24) is 4.90 Å². The van der Waals surface area contributed by atoms with Crippen molar-refractivity contribution in [3.05, 3.63) is 0 Å². The number of rotatable bonds is 6. The van der Waals surface area contributed by atoms with Crippen molar-refractivity contribution in [3.8, 4) is 0 Å². The Morgan fingerprint density at radius 3 is 2.64 bits per heavy atom. The van der Waals surface area contributed by atoms with Gasteiger partial charge in [0.15, 0.2) is 0 Å². The van der Waals surface area contributed by atoms with Gasteiger partial charge in [-0.2, -0.15) is 0 Å². The molecule has 1 heterocycles. The lowest BCUT2D eigenvalue weighted by molar-refractivity contribution is 0.0326. The van der Waals surface area contributed by atoms with Crippen molar-refractivity contribution in [2.24, 2.45) is 0 Å². The van der Waals surface area contributed by atoms with Gasteiger partial charge in [0.2, 0.25) is 0 Å². The maximum Gasteiger partial charge on any atom is 0.0706 e. The summed E-state index contributed by atoms with van der Waals surface area (Å²) in [6, 6.07) is 0. The van der Waals surface area contributed by atoms with E-state index in [1.165, 1.54) is 19.3 Å². The molecule has 2 nitrogen and oxygen atoms in total. The van der Waals surface area contributed by atoms with Crippen LogP contribution in [-0.4, -0.2) is 42.6 Å². The zero-order chi connectivity index (χ0) is 10.4. The Balaban J connectivity index is 2.24. The highest BCUT2D eigenvalue weighted by atomic mass is 35.5. The third kappa shape index (κ3) is 4.16. The topological polar surface area (TPSA) is 12.5 Å². The molecule has 1 saturated heterocycles. The van der Waals surface area contributed by atoms with E-state index < -0.39 is 0 Å². The first-order chi connectivity index (χ1) is 6.76. The van der Waals surface area contributed by atoms with Crippen LogP contribution in [0.3, 0.4) is 0 Å². The van der Waals surface area contributed by atoms with Crippen LogP contribution in [0, 0.1) is 0 Å². The van der Waals surface area contributed by atoms with E-state index in [2.05, 4.69) is 18.7 Å². The van der Waals surface area contributed by atoms with Crippen LogP contribution in [0.1, 0.15) is 33.1 Å². The molecule has 14 heavy (non-hydrogen) atoms. The maximum absolute atomic E-state index is 5.80. The highest BCUT2D eigenvalue weighted by Crippen LogP contribution is 2.19. The molecule has 0 N–H and O–H groups in total. The lowest BCUT2D eigenvalue weighted by Crippen LogP contribution is -2.34. The third-order valence-electron chi connectivity index (χ3n) is 2.72. The molecule has 0 aromatic rings. The second-order valence-electron chi connectivity index (χ2n) is 4.14. The van der Waals surface area contributed by atoms with Crippen molar-refractivity contribution < 1.29 is 4.74 Å². The standard InChI is InChI=1S/C11H22ClNO/c1-3-7-13(8-6-12)9-11-5-4-10(2)14-11/h10-11H,3-9H2,1-2H3. The van der Waals surface area contributed by atoms with Crippen LogP contribution in [0.2, 0.25) is 0 Å². The first-order valence-corrected chi connectivity index (χ1v) is 6.23. The van der Waals surface area contributed by atoms with E-state index in [-0.39, 0.29) is 0 Å². The molecule has 0 saturated carbocycles. The fourth-order valence-electron chi connectivity index (χ4n) is 2.04. The van der Waals surface area contributed by atoms with Crippen LogP contribution in [-0.2, 0) is 4.74 Å². The second kappa shape index (κ2) is 6.65. The number of ether oxygens (including phenoxy) is 1. The summed E-state index contributed by atoms with van der Waals surface area (Å²) in [5.41, 5.74) is 0. The average molecular weight is 220 g/mol. The van der Waals surface area contributed by atoms with E-state index in [0.717, 1.165) is 25.5 Å². The fraction of sp³-hybridized carbons (Fsp3) is 1.00. The monoisotopic (exact) mass is 219 g/mol. The predicted octanol–water partition coefficient (Wildman–Crippen LogP) is 2.50. The number of hydrogen-bond donors (Lipinski definition) is 0. The predicted molar refractivity (Wildman–Crippen MR) is 61.0 cm³/mol.